The Hall–Kier alpha value is -2.87. The number of nitrogens with zero attached hydrogens (tertiary/aromatic N) is 2. The number of hydrogen-bond donors (Lipinski definition) is 4. The molecule has 0 saturated carbocycles. The third-order valence-electron chi connectivity index (χ3n) is 2.87. The molecule has 0 atom stereocenters. The minimum Gasteiger partial charge on any atom is -0.476 e. The van der Waals surface area contributed by atoms with Crippen LogP contribution in [0.2, 0.25) is 0 Å². The number of aromatic nitrogens is 2. The van der Waals surface area contributed by atoms with E-state index < -0.39 is 11.9 Å². The highest BCUT2D eigenvalue weighted by molar-refractivity contribution is 5.93. The molecule has 8 nitrogen and oxygen atoms in total. The smallest absolute Gasteiger partial charge is 0.358 e. The van der Waals surface area contributed by atoms with Gasteiger partial charge in [-0.1, -0.05) is 0 Å². The van der Waals surface area contributed by atoms with Gasteiger partial charge in [0.25, 0.3) is 5.91 Å². The summed E-state index contributed by atoms with van der Waals surface area (Å²) >= 11 is 0. The first-order valence-electron chi connectivity index (χ1n) is 6.87. The molecule has 2 heterocycles. The standard InChI is InChI=1S/C15H18N4O4/c1-15(2,3)17-13-12(14(21)22)16-10-6-4-9(8-19(10)13)5-7-11(20)18-23/h4-8,17,23H,1-3H3,(H,18,20)(H,21,22). The van der Waals surface area contributed by atoms with Crippen molar-refractivity contribution in [2.45, 2.75) is 26.3 Å². The number of imidazole rings is 1. The van der Waals surface area contributed by atoms with Crippen molar-refractivity contribution in [1.82, 2.24) is 14.9 Å². The zero-order chi connectivity index (χ0) is 17.2. The maximum absolute atomic E-state index is 11.4. The molecule has 2 aromatic heterocycles. The summed E-state index contributed by atoms with van der Waals surface area (Å²) in [4.78, 5) is 26.6. The number of pyridine rings is 1. The molecule has 0 aliphatic heterocycles. The second-order valence-electron chi connectivity index (χ2n) is 5.99. The maximum Gasteiger partial charge on any atom is 0.358 e. The van der Waals surface area contributed by atoms with Crippen LogP contribution in [0.3, 0.4) is 0 Å². The molecule has 23 heavy (non-hydrogen) atoms. The lowest BCUT2D eigenvalue weighted by atomic mass is 10.1. The minimum atomic E-state index is -1.13. The second kappa shape index (κ2) is 6.09. The summed E-state index contributed by atoms with van der Waals surface area (Å²) in [5.74, 6) is -1.42. The second-order valence-corrected chi connectivity index (χ2v) is 5.99. The fourth-order valence-corrected chi connectivity index (χ4v) is 1.99. The van der Waals surface area contributed by atoms with Gasteiger partial charge < -0.3 is 10.4 Å². The van der Waals surface area contributed by atoms with E-state index in [-0.39, 0.29) is 11.2 Å². The van der Waals surface area contributed by atoms with Crippen molar-refractivity contribution in [2.75, 3.05) is 5.32 Å². The Morgan fingerprint density at radius 2 is 2.00 bits per heavy atom. The van der Waals surface area contributed by atoms with Gasteiger partial charge in [0.1, 0.15) is 11.5 Å². The van der Waals surface area contributed by atoms with Crippen molar-refractivity contribution in [3.05, 3.63) is 35.7 Å². The highest BCUT2D eigenvalue weighted by Crippen LogP contribution is 2.23. The molecule has 0 bridgehead atoms. The van der Waals surface area contributed by atoms with E-state index >= 15 is 0 Å². The first-order valence-corrected chi connectivity index (χ1v) is 6.87. The highest BCUT2D eigenvalue weighted by Gasteiger charge is 2.22. The fourth-order valence-electron chi connectivity index (χ4n) is 1.99. The lowest BCUT2D eigenvalue weighted by Gasteiger charge is -2.22. The van der Waals surface area contributed by atoms with Gasteiger partial charge in [-0.2, -0.15) is 0 Å². The summed E-state index contributed by atoms with van der Waals surface area (Å²) in [6, 6.07) is 3.34. The van der Waals surface area contributed by atoms with Crippen LogP contribution in [-0.2, 0) is 4.79 Å². The van der Waals surface area contributed by atoms with Crippen molar-refractivity contribution in [3.8, 4) is 0 Å². The van der Waals surface area contributed by atoms with E-state index in [9.17, 15) is 14.7 Å². The Morgan fingerprint density at radius 3 is 2.57 bits per heavy atom. The van der Waals surface area contributed by atoms with Crippen LogP contribution in [0.1, 0.15) is 36.8 Å². The molecule has 0 radical (unpaired) electrons. The number of rotatable bonds is 4. The van der Waals surface area contributed by atoms with Gasteiger partial charge >= 0.3 is 5.97 Å². The Morgan fingerprint density at radius 1 is 1.30 bits per heavy atom. The molecule has 0 saturated heterocycles. The molecule has 0 aliphatic rings. The van der Waals surface area contributed by atoms with E-state index in [0.29, 0.717) is 17.0 Å². The average Bonchev–Trinajstić information content (AvgIpc) is 2.81. The zero-order valence-corrected chi connectivity index (χ0v) is 13.0. The zero-order valence-electron chi connectivity index (χ0n) is 13.0. The van der Waals surface area contributed by atoms with Gasteiger partial charge in [-0.05, 0) is 44.5 Å². The average molecular weight is 318 g/mol. The number of carboxylic acid groups (broad SMARTS) is 1. The van der Waals surface area contributed by atoms with Crippen LogP contribution in [0.5, 0.6) is 0 Å². The Labute approximate surface area is 132 Å². The molecule has 0 unspecified atom stereocenters. The summed E-state index contributed by atoms with van der Waals surface area (Å²) in [5.41, 5.74) is 2.18. The third kappa shape index (κ3) is 3.86. The van der Waals surface area contributed by atoms with Gasteiger partial charge in [0.2, 0.25) is 0 Å². The third-order valence-corrected chi connectivity index (χ3v) is 2.87. The summed E-state index contributed by atoms with van der Waals surface area (Å²) in [6.07, 6.45) is 4.31. The number of carbonyl (C=O) groups is 2. The highest BCUT2D eigenvalue weighted by atomic mass is 16.5. The quantitative estimate of drug-likeness (QED) is 0.388. The van der Waals surface area contributed by atoms with Gasteiger partial charge in [-0.15, -0.1) is 0 Å². The number of nitrogens with one attached hydrogen (secondary N) is 2. The Balaban J connectivity index is 2.55. The summed E-state index contributed by atoms with van der Waals surface area (Å²) < 4.78 is 1.62. The van der Waals surface area contributed by atoms with Crippen LogP contribution in [0, 0.1) is 0 Å². The number of carboxylic acids is 1. The van der Waals surface area contributed by atoms with Gasteiger partial charge in [-0.3, -0.25) is 14.4 Å². The molecule has 0 spiro atoms. The first-order chi connectivity index (χ1) is 10.7. The van der Waals surface area contributed by atoms with Crippen molar-refractivity contribution in [2.24, 2.45) is 0 Å². The summed E-state index contributed by atoms with van der Waals surface area (Å²) in [7, 11) is 0. The summed E-state index contributed by atoms with van der Waals surface area (Å²) in [6.45, 7) is 5.73. The topological polar surface area (TPSA) is 116 Å². The SMILES string of the molecule is CC(C)(C)Nc1c(C(=O)O)nc2ccc(C=CC(=O)NO)cn12. The van der Waals surface area contributed by atoms with Crippen LogP contribution < -0.4 is 10.8 Å². The molecule has 1 amide bonds. The number of hydrogen-bond acceptors (Lipinski definition) is 5. The number of fused-ring (bicyclic) bond motifs is 1. The van der Waals surface area contributed by atoms with E-state index in [1.807, 2.05) is 20.8 Å². The largest absolute Gasteiger partial charge is 0.476 e. The van der Waals surface area contributed by atoms with E-state index in [4.69, 9.17) is 5.21 Å². The molecule has 0 aliphatic carbocycles. The molecular formula is C15H18N4O4. The number of carbonyl (C=O) groups excluding carboxylic acids is 1. The lowest BCUT2D eigenvalue weighted by Crippen LogP contribution is -2.28. The number of amides is 1. The van der Waals surface area contributed by atoms with Crippen molar-refractivity contribution >= 4 is 29.4 Å². The number of anilines is 1. The van der Waals surface area contributed by atoms with E-state index in [2.05, 4.69) is 10.3 Å². The predicted octanol–water partition coefficient (Wildman–Crippen LogP) is 1.76. The lowest BCUT2D eigenvalue weighted by molar-refractivity contribution is -0.124. The van der Waals surface area contributed by atoms with Gasteiger partial charge in [-0.25, -0.2) is 15.3 Å². The van der Waals surface area contributed by atoms with Gasteiger partial charge in [0.15, 0.2) is 5.69 Å². The molecule has 0 fully saturated rings. The van der Waals surface area contributed by atoms with Crippen molar-refractivity contribution in [3.63, 3.8) is 0 Å². The maximum atomic E-state index is 11.4. The van der Waals surface area contributed by atoms with Crippen LogP contribution in [0.25, 0.3) is 11.7 Å². The van der Waals surface area contributed by atoms with Crippen LogP contribution >= 0.6 is 0 Å². The molecule has 2 rings (SSSR count). The van der Waals surface area contributed by atoms with Gasteiger partial charge in [0.05, 0.1) is 0 Å². The van der Waals surface area contributed by atoms with E-state index in [1.54, 1.807) is 22.7 Å². The predicted molar refractivity (Wildman–Crippen MR) is 84.5 cm³/mol. The molecule has 0 aromatic carbocycles. The van der Waals surface area contributed by atoms with Crippen LogP contribution in [0.4, 0.5) is 5.82 Å². The normalized spacial score (nSPS) is 11.8. The van der Waals surface area contributed by atoms with Gasteiger partial charge in [0, 0.05) is 17.8 Å². The van der Waals surface area contributed by atoms with Crippen molar-refractivity contribution in [1.29, 1.82) is 0 Å². The van der Waals surface area contributed by atoms with Crippen molar-refractivity contribution < 1.29 is 19.9 Å². The first kappa shape index (κ1) is 16.5. The number of hydroxylamine groups is 1. The van der Waals surface area contributed by atoms with Crippen LogP contribution in [-0.4, -0.2) is 37.1 Å². The molecule has 8 heteroatoms. The molecule has 2 aromatic rings. The number of aromatic carboxylic acids is 1. The Bertz CT molecular complexity index is 787. The molecule has 4 N–H and O–H groups in total. The molecular weight excluding hydrogens is 300 g/mol. The fraction of sp³-hybridized carbons (Fsp3) is 0.267. The monoisotopic (exact) mass is 318 g/mol. The van der Waals surface area contributed by atoms with E-state index in [1.165, 1.54) is 11.6 Å². The summed E-state index contributed by atoms with van der Waals surface area (Å²) in [5, 5.41) is 20.9. The van der Waals surface area contributed by atoms with E-state index in [0.717, 1.165) is 6.08 Å². The minimum absolute atomic E-state index is 0.0749. The Kier molecular flexibility index (Phi) is 4.37. The molecule has 122 valence electrons. The van der Waals surface area contributed by atoms with Crippen LogP contribution in [0.15, 0.2) is 24.4 Å².